The van der Waals surface area contributed by atoms with Gasteiger partial charge in [0.25, 0.3) is 5.56 Å². The number of H-pyrrole nitrogens is 1. The molecule has 0 aromatic carbocycles. The third-order valence-electron chi connectivity index (χ3n) is 3.51. The Morgan fingerprint density at radius 3 is 3.15 bits per heavy atom. The van der Waals surface area contributed by atoms with Crippen molar-refractivity contribution in [2.45, 2.75) is 18.9 Å². The zero-order valence-electron chi connectivity index (χ0n) is 12.0. The van der Waals surface area contributed by atoms with E-state index in [4.69, 9.17) is 9.47 Å². The number of nitrogens with one attached hydrogen (secondary N) is 2. The smallest absolute Gasteiger partial charge is 0.295 e. The summed E-state index contributed by atoms with van der Waals surface area (Å²) in [7, 11) is 3.19. The molecule has 112 valence electrons. The Bertz CT molecular complexity index is 477. The predicted octanol–water partition coefficient (Wildman–Crippen LogP) is -0.0167. The van der Waals surface area contributed by atoms with E-state index < -0.39 is 0 Å². The lowest BCUT2D eigenvalue weighted by Crippen LogP contribution is -2.40. The van der Waals surface area contributed by atoms with Gasteiger partial charge in [-0.05, 0) is 12.8 Å². The highest BCUT2D eigenvalue weighted by Gasteiger charge is 2.28. The van der Waals surface area contributed by atoms with Crippen LogP contribution in [-0.2, 0) is 4.74 Å². The number of anilines is 1. The number of methoxy groups -OCH3 is 2. The molecular weight excluding hydrogens is 260 g/mol. The molecule has 2 heterocycles. The van der Waals surface area contributed by atoms with Crippen molar-refractivity contribution in [1.29, 1.82) is 0 Å². The highest BCUT2D eigenvalue weighted by atomic mass is 16.5. The van der Waals surface area contributed by atoms with E-state index in [2.05, 4.69) is 20.2 Å². The molecule has 0 bridgehead atoms. The van der Waals surface area contributed by atoms with Gasteiger partial charge < -0.3 is 24.7 Å². The third kappa shape index (κ3) is 3.29. The molecule has 1 aliphatic heterocycles. The molecule has 0 radical (unpaired) electrons. The van der Waals surface area contributed by atoms with Crippen LogP contribution in [0.2, 0.25) is 0 Å². The molecule has 1 saturated heterocycles. The van der Waals surface area contributed by atoms with Gasteiger partial charge in [-0.15, -0.1) is 0 Å². The summed E-state index contributed by atoms with van der Waals surface area (Å²) < 4.78 is 10.2. The average Bonchev–Trinajstić information content (AvgIpc) is 2.91. The highest BCUT2D eigenvalue weighted by Crippen LogP contribution is 2.28. The maximum absolute atomic E-state index is 11.8. The standard InChI is InChI=1S/C13H22N4O3/c1-19-7-5-14-8-10-4-3-6-17(10)12-11(20-2)13(18)16-9-15-12/h9-10,14H,3-8H2,1-2H3,(H,15,16,18). The predicted molar refractivity (Wildman–Crippen MR) is 76.5 cm³/mol. The number of nitrogens with zero attached hydrogens (tertiary/aromatic N) is 2. The molecule has 1 fully saturated rings. The zero-order valence-corrected chi connectivity index (χ0v) is 12.0. The van der Waals surface area contributed by atoms with Crippen LogP contribution in [0.3, 0.4) is 0 Å². The Hall–Kier alpha value is -1.60. The largest absolute Gasteiger partial charge is 0.489 e. The Balaban J connectivity index is 2.07. The Morgan fingerprint density at radius 2 is 2.40 bits per heavy atom. The van der Waals surface area contributed by atoms with Crippen molar-refractivity contribution in [1.82, 2.24) is 15.3 Å². The molecule has 0 amide bonds. The van der Waals surface area contributed by atoms with Crippen LogP contribution in [0.1, 0.15) is 12.8 Å². The summed E-state index contributed by atoms with van der Waals surface area (Å²) in [6.45, 7) is 3.25. The molecule has 2 N–H and O–H groups in total. The van der Waals surface area contributed by atoms with Crippen molar-refractivity contribution in [3.63, 3.8) is 0 Å². The summed E-state index contributed by atoms with van der Waals surface area (Å²) >= 11 is 0. The summed E-state index contributed by atoms with van der Waals surface area (Å²) in [6.07, 6.45) is 3.60. The Kier molecular flexibility index (Phi) is 5.37. The van der Waals surface area contributed by atoms with Gasteiger partial charge in [-0.3, -0.25) is 4.79 Å². The van der Waals surface area contributed by atoms with Gasteiger partial charge in [0.2, 0.25) is 5.75 Å². The van der Waals surface area contributed by atoms with Crippen molar-refractivity contribution >= 4 is 5.82 Å². The van der Waals surface area contributed by atoms with Crippen molar-refractivity contribution in [3.8, 4) is 5.75 Å². The normalized spacial score (nSPS) is 18.5. The number of aromatic nitrogens is 2. The maximum Gasteiger partial charge on any atom is 0.295 e. The monoisotopic (exact) mass is 282 g/mol. The second-order valence-corrected chi connectivity index (χ2v) is 4.77. The highest BCUT2D eigenvalue weighted by molar-refractivity contribution is 5.52. The van der Waals surface area contributed by atoms with Crippen LogP contribution in [-0.4, -0.2) is 56.5 Å². The van der Waals surface area contributed by atoms with Gasteiger partial charge in [0, 0.05) is 32.8 Å². The second-order valence-electron chi connectivity index (χ2n) is 4.77. The molecule has 1 aliphatic rings. The molecule has 2 rings (SSSR count). The van der Waals surface area contributed by atoms with E-state index in [-0.39, 0.29) is 11.3 Å². The van der Waals surface area contributed by atoms with Gasteiger partial charge in [-0.2, -0.15) is 0 Å². The Morgan fingerprint density at radius 1 is 1.55 bits per heavy atom. The van der Waals surface area contributed by atoms with E-state index in [1.165, 1.54) is 13.4 Å². The molecular formula is C13H22N4O3. The van der Waals surface area contributed by atoms with Crippen molar-refractivity contribution in [3.05, 3.63) is 16.7 Å². The first-order chi connectivity index (χ1) is 9.77. The number of hydrogen-bond donors (Lipinski definition) is 2. The lowest BCUT2D eigenvalue weighted by atomic mass is 10.2. The first-order valence-electron chi connectivity index (χ1n) is 6.86. The van der Waals surface area contributed by atoms with Crippen molar-refractivity contribution in [2.75, 3.05) is 45.4 Å². The molecule has 20 heavy (non-hydrogen) atoms. The van der Waals surface area contributed by atoms with Gasteiger partial charge in [0.1, 0.15) is 0 Å². The number of aromatic amines is 1. The fourth-order valence-corrected chi connectivity index (χ4v) is 2.54. The molecule has 1 unspecified atom stereocenters. The lowest BCUT2D eigenvalue weighted by Gasteiger charge is -2.26. The third-order valence-corrected chi connectivity index (χ3v) is 3.51. The summed E-state index contributed by atoms with van der Waals surface area (Å²) in [4.78, 5) is 20.7. The molecule has 0 saturated carbocycles. The SMILES string of the molecule is COCCNCC1CCCN1c1nc[nH]c(=O)c1OC. The molecule has 7 heteroatoms. The van der Waals surface area contributed by atoms with E-state index in [0.29, 0.717) is 18.5 Å². The minimum atomic E-state index is -0.240. The van der Waals surface area contributed by atoms with Gasteiger partial charge in [-0.25, -0.2) is 4.98 Å². The van der Waals surface area contributed by atoms with Crippen LogP contribution >= 0.6 is 0 Å². The van der Waals surface area contributed by atoms with Crippen molar-refractivity contribution < 1.29 is 9.47 Å². The van der Waals surface area contributed by atoms with Crippen LogP contribution in [0.5, 0.6) is 5.75 Å². The van der Waals surface area contributed by atoms with Crippen molar-refractivity contribution in [2.24, 2.45) is 0 Å². The van der Waals surface area contributed by atoms with E-state index >= 15 is 0 Å². The van der Waals surface area contributed by atoms with Gasteiger partial charge in [0.05, 0.1) is 20.0 Å². The quantitative estimate of drug-likeness (QED) is 0.684. The molecule has 1 aromatic heterocycles. The first-order valence-corrected chi connectivity index (χ1v) is 6.86. The summed E-state index contributed by atoms with van der Waals surface area (Å²) in [5.74, 6) is 0.920. The van der Waals surface area contributed by atoms with Gasteiger partial charge >= 0.3 is 0 Å². The van der Waals surface area contributed by atoms with Crippen LogP contribution in [0.15, 0.2) is 11.1 Å². The Labute approximate surface area is 118 Å². The van der Waals surface area contributed by atoms with E-state index in [0.717, 1.165) is 32.5 Å². The summed E-state index contributed by atoms with van der Waals surface area (Å²) in [5.41, 5.74) is -0.240. The fourth-order valence-electron chi connectivity index (χ4n) is 2.54. The van der Waals surface area contributed by atoms with Crippen LogP contribution in [0, 0.1) is 0 Å². The van der Waals surface area contributed by atoms with Crippen LogP contribution in [0.4, 0.5) is 5.82 Å². The molecule has 7 nitrogen and oxygen atoms in total. The zero-order chi connectivity index (χ0) is 14.4. The minimum Gasteiger partial charge on any atom is -0.489 e. The molecule has 0 aliphatic carbocycles. The number of ether oxygens (including phenoxy) is 2. The van der Waals surface area contributed by atoms with E-state index in [9.17, 15) is 4.79 Å². The van der Waals surface area contributed by atoms with E-state index in [1.54, 1.807) is 7.11 Å². The second kappa shape index (κ2) is 7.25. The molecule has 1 atom stereocenters. The van der Waals surface area contributed by atoms with E-state index in [1.807, 2.05) is 0 Å². The topological polar surface area (TPSA) is 79.5 Å². The summed E-state index contributed by atoms with van der Waals surface area (Å²) in [6, 6.07) is 0.329. The molecule has 0 spiro atoms. The van der Waals surface area contributed by atoms with Gasteiger partial charge in [0.15, 0.2) is 5.82 Å². The van der Waals surface area contributed by atoms with Crippen LogP contribution in [0.25, 0.3) is 0 Å². The maximum atomic E-state index is 11.8. The fraction of sp³-hybridized carbons (Fsp3) is 0.692. The number of hydrogen-bond acceptors (Lipinski definition) is 6. The van der Waals surface area contributed by atoms with Crippen LogP contribution < -0.4 is 20.5 Å². The minimum absolute atomic E-state index is 0.240. The lowest BCUT2D eigenvalue weighted by molar-refractivity contribution is 0.199. The average molecular weight is 282 g/mol. The van der Waals surface area contributed by atoms with Gasteiger partial charge in [-0.1, -0.05) is 0 Å². The molecule has 1 aromatic rings. The number of rotatable bonds is 7. The summed E-state index contributed by atoms with van der Waals surface area (Å²) in [5, 5.41) is 3.36. The first kappa shape index (κ1) is 14.8.